The fourth-order valence-corrected chi connectivity index (χ4v) is 19.5. The van der Waals surface area contributed by atoms with E-state index in [4.69, 9.17) is 0 Å². The average molecular weight is 1280 g/mol. The zero-order valence-corrected chi connectivity index (χ0v) is 56.6. The van der Waals surface area contributed by atoms with Crippen molar-refractivity contribution in [3.8, 4) is 44.5 Å². The van der Waals surface area contributed by atoms with Gasteiger partial charge in [0.2, 0.25) is 0 Å². The van der Waals surface area contributed by atoms with Crippen LogP contribution in [-0.4, -0.2) is 0 Å². The zero-order chi connectivity index (χ0) is 66.5. The summed E-state index contributed by atoms with van der Waals surface area (Å²) in [5, 5.41) is 48.1. The molecule has 0 amide bonds. The molecule has 0 aliphatic heterocycles. The van der Waals surface area contributed by atoms with Crippen LogP contribution in [0.3, 0.4) is 0 Å². The van der Waals surface area contributed by atoms with Gasteiger partial charge in [0.15, 0.2) is 0 Å². The molecule has 0 bridgehead atoms. The van der Waals surface area contributed by atoms with Gasteiger partial charge in [0.05, 0.1) is 0 Å². The molecule has 0 saturated carbocycles. The van der Waals surface area contributed by atoms with Gasteiger partial charge in [-0.15, -0.1) is 0 Å². The fraction of sp³-hybridized carbons (Fsp3) is 0.0495. The van der Waals surface area contributed by atoms with Gasteiger partial charge >= 0.3 is 0 Å². The Hall–Kier alpha value is -12.5. The van der Waals surface area contributed by atoms with Crippen molar-refractivity contribution in [2.75, 3.05) is 0 Å². The molecule has 24 aromatic rings. The summed E-state index contributed by atoms with van der Waals surface area (Å²) in [6.07, 6.45) is 0. The molecule has 0 radical (unpaired) electrons. The Bertz CT molecular complexity index is 7500. The van der Waals surface area contributed by atoms with Crippen LogP contribution in [0, 0.1) is 34.6 Å². The lowest BCUT2D eigenvalue weighted by Crippen LogP contribution is -1.94. The number of rotatable bonds is 4. The van der Waals surface area contributed by atoms with Gasteiger partial charge < -0.3 is 0 Å². The van der Waals surface area contributed by atoms with E-state index in [0.717, 1.165) is 0 Å². The van der Waals surface area contributed by atoms with Crippen LogP contribution in [0.1, 0.15) is 27.8 Å². The van der Waals surface area contributed by atoms with E-state index >= 15 is 0 Å². The van der Waals surface area contributed by atoms with E-state index in [1.807, 2.05) is 0 Å². The molecule has 0 aromatic heterocycles. The first-order chi connectivity index (χ1) is 49.6. The quantitative estimate of drug-likeness (QED) is 0.154. The first kappa shape index (κ1) is 55.5. The van der Waals surface area contributed by atoms with Gasteiger partial charge in [-0.25, -0.2) is 0 Å². The van der Waals surface area contributed by atoms with E-state index < -0.39 is 0 Å². The van der Waals surface area contributed by atoms with Crippen LogP contribution >= 0.6 is 0 Å². The fourth-order valence-electron chi connectivity index (χ4n) is 19.5. The molecule has 24 rings (SSSR count). The van der Waals surface area contributed by atoms with Crippen LogP contribution in [0.2, 0.25) is 0 Å². The summed E-state index contributed by atoms with van der Waals surface area (Å²) in [6.45, 7) is 11.2. The second-order valence-electron chi connectivity index (χ2n) is 29.4. The molecule has 0 aliphatic carbocycles. The molecule has 0 heteroatoms. The van der Waals surface area contributed by atoms with Crippen LogP contribution in [0.5, 0.6) is 0 Å². The van der Waals surface area contributed by atoms with E-state index in [-0.39, 0.29) is 0 Å². The van der Waals surface area contributed by atoms with Crippen molar-refractivity contribution in [1.82, 2.24) is 0 Å². The number of benzene rings is 24. The average Bonchev–Trinajstić information content (AvgIpc) is 0.719. The van der Waals surface area contributed by atoms with Gasteiger partial charge in [-0.2, -0.15) is 0 Å². The van der Waals surface area contributed by atoms with E-state index in [9.17, 15) is 0 Å². The Morgan fingerprint density at radius 2 is 0.248 bits per heavy atom. The maximum absolute atomic E-state index is 2.43. The topological polar surface area (TPSA) is 0 Å². The third kappa shape index (κ3) is 7.38. The Morgan fingerprint density at radius 3 is 0.485 bits per heavy atom. The van der Waals surface area contributed by atoms with Gasteiger partial charge in [-0.3, -0.25) is 0 Å². The van der Waals surface area contributed by atoms with E-state index in [1.165, 1.54) is 266 Å². The van der Waals surface area contributed by atoms with Gasteiger partial charge in [-0.1, -0.05) is 285 Å². The second-order valence-corrected chi connectivity index (χ2v) is 29.4. The summed E-state index contributed by atoms with van der Waals surface area (Å²) in [6, 6.07) is 109. The third-order valence-corrected chi connectivity index (χ3v) is 24.3. The van der Waals surface area contributed by atoms with Crippen molar-refractivity contribution in [2.45, 2.75) is 34.6 Å². The van der Waals surface area contributed by atoms with Crippen LogP contribution in [-0.2, 0) is 0 Å². The first-order valence-corrected chi connectivity index (χ1v) is 35.8. The highest BCUT2D eigenvalue weighted by Gasteiger charge is 2.24. The summed E-state index contributed by atoms with van der Waals surface area (Å²) in [4.78, 5) is 0. The van der Waals surface area contributed by atoms with Crippen molar-refractivity contribution in [3.05, 3.63) is 313 Å². The molecule has 0 atom stereocenters. The standard InChI is InChI=1S/C51H32.C50H30/c1-27-4-6-30-14-22-41-38(19-11-32-8-16-35(27)46(30)48(32)41)39-20-12-34-10-18-37-29(3)26-45(44-25-24-43(39)50(34)51(37)44)40-21-13-33-9-17-36-28(2)5-7-31-15-23-42(40)49(33)47(31)36;1-27-3-5-29-15-23-41-37(21-13-33-9-17-35(27)45(29)47(33)41)39-19-11-31-7-8-32-12-20-40(44-26-25-43(39)49(31)50(32)44)38-22-14-34-10-18-36-28(2)4-6-30-16-24-42(38)48(34)46(30)36/h4-26H,1-3H3;3-26H,1-2H3. The molecule has 0 saturated heterocycles. The molecule has 0 unspecified atom stereocenters. The number of hydrogen-bond donors (Lipinski definition) is 0. The molecular formula is C101H62. The van der Waals surface area contributed by atoms with Crippen molar-refractivity contribution in [1.29, 1.82) is 0 Å². The highest BCUT2D eigenvalue weighted by molar-refractivity contribution is 6.36. The molecule has 0 heterocycles. The minimum atomic E-state index is 1.29. The third-order valence-electron chi connectivity index (χ3n) is 24.3. The molecule has 0 fully saturated rings. The Labute approximate surface area is 582 Å². The number of hydrogen-bond acceptors (Lipinski definition) is 0. The lowest BCUT2D eigenvalue weighted by molar-refractivity contribution is 1.54. The molecule has 0 N–H and O–H groups in total. The predicted octanol–water partition coefficient (Wildman–Crippen LogP) is 29.0. The molecule has 0 aliphatic rings. The van der Waals surface area contributed by atoms with Crippen LogP contribution in [0.15, 0.2) is 285 Å². The second kappa shape index (κ2) is 19.9. The first-order valence-electron chi connectivity index (χ1n) is 35.8. The van der Waals surface area contributed by atoms with Crippen molar-refractivity contribution >= 4 is 194 Å². The van der Waals surface area contributed by atoms with Gasteiger partial charge in [0, 0.05) is 0 Å². The Morgan fingerprint density at radius 1 is 0.109 bits per heavy atom. The monoisotopic (exact) mass is 1270 g/mol. The SMILES string of the molecule is Cc1ccc2ccc3c(-c4ccc5ccc6c(C)cc(-c7ccc8ccc9c(C)ccc%10ccc7c8c%109)c7ccc4c5c67)ccc4ccc1c2c43.Cc1ccc2ccc3c(-c4ccc5ccc6ccc(-c7ccc8ccc9c(C)ccc%10ccc7c8c%109)c7ccc4c5c67)ccc4ccc1c2c43. The lowest BCUT2D eigenvalue weighted by Gasteiger charge is -2.21. The van der Waals surface area contributed by atoms with Crippen molar-refractivity contribution in [3.63, 3.8) is 0 Å². The number of aryl methyl sites for hydroxylation is 5. The van der Waals surface area contributed by atoms with Crippen LogP contribution < -0.4 is 0 Å². The van der Waals surface area contributed by atoms with E-state index in [1.54, 1.807) is 0 Å². The van der Waals surface area contributed by atoms with Crippen LogP contribution in [0.4, 0.5) is 0 Å². The maximum Gasteiger partial charge on any atom is -0.00177 e. The Balaban J connectivity index is 0.000000125. The van der Waals surface area contributed by atoms with Gasteiger partial charge in [-0.05, 0) is 301 Å². The van der Waals surface area contributed by atoms with Crippen molar-refractivity contribution in [2.24, 2.45) is 0 Å². The molecule has 466 valence electrons. The normalized spacial score (nSPS) is 12.6. The molecule has 0 spiro atoms. The zero-order valence-electron chi connectivity index (χ0n) is 56.6. The van der Waals surface area contributed by atoms with Crippen LogP contribution in [0.25, 0.3) is 238 Å². The maximum atomic E-state index is 2.43. The van der Waals surface area contributed by atoms with E-state index in [2.05, 4.69) is 320 Å². The van der Waals surface area contributed by atoms with Crippen molar-refractivity contribution < 1.29 is 0 Å². The molecular weight excluding hydrogens is 1210 g/mol. The minimum absolute atomic E-state index is 1.29. The smallest absolute Gasteiger partial charge is 0.00177 e. The highest BCUT2D eigenvalue weighted by Crippen LogP contribution is 2.52. The summed E-state index contributed by atoms with van der Waals surface area (Å²) in [5.41, 5.74) is 17.0. The molecule has 101 heavy (non-hydrogen) atoms. The molecule has 0 nitrogen and oxygen atoms in total. The lowest BCUT2D eigenvalue weighted by atomic mass is 9.83. The highest BCUT2D eigenvalue weighted by atomic mass is 14.3. The summed E-state index contributed by atoms with van der Waals surface area (Å²) in [7, 11) is 0. The summed E-state index contributed by atoms with van der Waals surface area (Å²) in [5.74, 6) is 0. The Kier molecular flexibility index (Phi) is 10.9. The van der Waals surface area contributed by atoms with Gasteiger partial charge in [0.1, 0.15) is 0 Å². The van der Waals surface area contributed by atoms with Gasteiger partial charge in [0.25, 0.3) is 0 Å². The predicted molar refractivity (Wildman–Crippen MR) is 441 cm³/mol. The van der Waals surface area contributed by atoms with E-state index in [0.29, 0.717) is 0 Å². The molecule has 24 aromatic carbocycles. The minimum Gasteiger partial charge on any atom is -0.0581 e. The summed E-state index contributed by atoms with van der Waals surface area (Å²) >= 11 is 0. The largest absolute Gasteiger partial charge is 0.0581 e. The summed E-state index contributed by atoms with van der Waals surface area (Å²) < 4.78 is 0.